The van der Waals surface area contributed by atoms with Gasteiger partial charge in [0.1, 0.15) is 12.4 Å². The molecule has 1 saturated heterocycles. The maximum absolute atomic E-state index is 12.8. The van der Waals surface area contributed by atoms with E-state index in [1.165, 1.54) is 6.33 Å². The van der Waals surface area contributed by atoms with Crippen molar-refractivity contribution in [1.82, 2.24) is 14.9 Å². The van der Waals surface area contributed by atoms with E-state index in [1.807, 2.05) is 35.4 Å². The van der Waals surface area contributed by atoms with E-state index >= 15 is 0 Å². The van der Waals surface area contributed by atoms with Crippen LogP contribution in [0, 0.1) is 0 Å². The van der Waals surface area contributed by atoms with Gasteiger partial charge < -0.3 is 9.64 Å². The molecule has 1 fully saturated rings. The molecule has 23 heavy (non-hydrogen) atoms. The summed E-state index contributed by atoms with van der Waals surface area (Å²) < 4.78 is 5.88. The quantitative estimate of drug-likeness (QED) is 0.807. The Morgan fingerprint density at radius 1 is 1.35 bits per heavy atom. The van der Waals surface area contributed by atoms with Crippen LogP contribution >= 0.6 is 11.8 Å². The highest BCUT2D eigenvalue weighted by Gasteiger charge is 2.26. The van der Waals surface area contributed by atoms with Gasteiger partial charge in [0.05, 0.1) is 12.1 Å². The predicted molar refractivity (Wildman–Crippen MR) is 89.8 cm³/mol. The first-order valence-corrected chi connectivity index (χ1v) is 8.85. The molecule has 2 heterocycles. The summed E-state index contributed by atoms with van der Waals surface area (Å²) in [6, 6.07) is 9.48. The van der Waals surface area contributed by atoms with E-state index in [0.717, 1.165) is 29.8 Å². The summed E-state index contributed by atoms with van der Waals surface area (Å²) in [6.45, 7) is 1.36. The Hall–Kier alpha value is -2.08. The number of carbonyl (C=O) groups is 1. The largest absolute Gasteiger partial charge is 0.472 e. The van der Waals surface area contributed by atoms with Gasteiger partial charge in [-0.2, -0.15) is 0 Å². The summed E-state index contributed by atoms with van der Waals surface area (Å²) in [5, 5.41) is 0. The van der Waals surface area contributed by atoms with Crippen LogP contribution < -0.4 is 4.74 Å². The van der Waals surface area contributed by atoms with E-state index in [2.05, 4.69) is 9.97 Å². The first kappa shape index (κ1) is 15.8. The molecule has 1 aliphatic heterocycles. The Labute approximate surface area is 140 Å². The lowest BCUT2D eigenvalue weighted by Gasteiger charge is -2.33. The second-order valence-corrected chi connectivity index (χ2v) is 6.23. The van der Waals surface area contributed by atoms with Gasteiger partial charge in [0.2, 0.25) is 5.88 Å². The second-order valence-electron chi connectivity index (χ2n) is 5.38. The van der Waals surface area contributed by atoms with Crippen LogP contribution in [0.15, 0.2) is 47.8 Å². The maximum Gasteiger partial charge on any atom is 0.255 e. The summed E-state index contributed by atoms with van der Waals surface area (Å²) in [5.41, 5.74) is 0.766. The van der Waals surface area contributed by atoms with Gasteiger partial charge in [-0.15, -0.1) is 11.8 Å². The monoisotopic (exact) mass is 329 g/mol. The number of carbonyl (C=O) groups excluding carboxylic acids is 1. The van der Waals surface area contributed by atoms with E-state index in [4.69, 9.17) is 4.74 Å². The predicted octanol–water partition coefficient (Wildman–Crippen LogP) is 2.88. The molecule has 1 aliphatic rings. The van der Waals surface area contributed by atoms with Crippen LogP contribution in [0.2, 0.25) is 0 Å². The zero-order valence-corrected chi connectivity index (χ0v) is 13.8. The first-order valence-electron chi connectivity index (χ1n) is 7.63. The topological polar surface area (TPSA) is 55.3 Å². The third-order valence-corrected chi connectivity index (χ3v) is 4.64. The molecular weight excluding hydrogens is 310 g/mol. The van der Waals surface area contributed by atoms with Crippen molar-refractivity contribution < 1.29 is 9.53 Å². The minimum atomic E-state index is -0.0240. The van der Waals surface area contributed by atoms with Gasteiger partial charge in [0.15, 0.2) is 0 Å². The van der Waals surface area contributed by atoms with Crippen LogP contribution in [-0.4, -0.2) is 46.2 Å². The number of aromatic nitrogens is 2. The van der Waals surface area contributed by atoms with Gasteiger partial charge in [-0.25, -0.2) is 9.97 Å². The fourth-order valence-electron chi connectivity index (χ4n) is 2.73. The van der Waals surface area contributed by atoms with Crippen molar-refractivity contribution in [3.63, 3.8) is 0 Å². The van der Waals surface area contributed by atoms with E-state index in [1.54, 1.807) is 24.0 Å². The van der Waals surface area contributed by atoms with E-state index in [9.17, 15) is 4.79 Å². The number of amides is 1. The number of hydrogen-bond donors (Lipinski definition) is 0. The van der Waals surface area contributed by atoms with E-state index in [-0.39, 0.29) is 12.0 Å². The Morgan fingerprint density at radius 3 is 3.00 bits per heavy atom. The van der Waals surface area contributed by atoms with Crippen LogP contribution in [-0.2, 0) is 0 Å². The van der Waals surface area contributed by atoms with Gasteiger partial charge in [-0.3, -0.25) is 4.79 Å². The molecule has 0 radical (unpaired) electrons. The van der Waals surface area contributed by atoms with Crippen molar-refractivity contribution in [2.45, 2.75) is 23.8 Å². The highest BCUT2D eigenvalue weighted by Crippen LogP contribution is 2.24. The summed E-state index contributed by atoms with van der Waals surface area (Å²) >= 11 is 1.60. The molecule has 0 unspecified atom stereocenters. The van der Waals surface area contributed by atoms with Crippen LogP contribution in [0.5, 0.6) is 5.88 Å². The van der Waals surface area contributed by atoms with E-state index < -0.39 is 0 Å². The molecule has 0 saturated carbocycles. The molecule has 1 atom stereocenters. The minimum absolute atomic E-state index is 0.0240. The lowest BCUT2D eigenvalue weighted by molar-refractivity contribution is 0.0524. The molecule has 2 aromatic rings. The number of hydrogen-bond acceptors (Lipinski definition) is 5. The number of thioether (sulfide) groups is 1. The fourth-order valence-corrected chi connectivity index (χ4v) is 3.32. The van der Waals surface area contributed by atoms with Crippen molar-refractivity contribution in [2.24, 2.45) is 0 Å². The smallest absolute Gasteiger partial charge is 0.255 e. The summed E-state index contributed by atoms with van der Waals surface area (Å²) in [4.78, 5) is 23.7. The molecule has 1 aromatic heterocycles. The highest BCUT2D eigenvalue weighted by atomic mass is 32.2. The van der Waals surface area contributed by atoms with Crippen molar-refractivity contribution in [3.8, 4) is 5.88 Å². The van der Waals surface area contributed by atoms with Crippen LogP contribution in [0.1, 0.15) is 23.2 Å². The van der Waals surface area contributed by atoms with Crippen LogP contribution in [0.25, 0.3) is 0 Å². The molecule has 3 rings (SSSR count). The maximum atomic E-state index is 12.8. The molecule has 0 bridgehead atoms. The molecular formula is C17H19N3O2S. The third kappa shape index (κ3) is 3.82. The second kappa shape index (κ2) is 7.46. The lowest BCUT2D eigenvalue weighted by Crippen LogP contribution is -2.44. The number of benzene rings is 1. The van der Waals surface area contributed by atoms with Gasteiger partial charge in [0, 0.05) is 23.7 Å². The van der Waals surface area contributed by atoms with Crippen LogP contribution in [0.4, 0.5) is 0 Å². The van der Waals surface area contributed by atoms with Crippen molar-refractivity contribution in [3.05, 3.63) is 48.4 Å². The number of likely N-dealkylation sites (tertiary alicyclic amines) is 1. The molecule has 6 heteroatoms. The zero-order valence-electron chi connectivity index (χ0n) is 13.0. The molecule has 120 valence electrons. The van der Waals surface area contributed by atoms with E-state index in [0.29, 0.717) is 12.4 Å². The Morgan fingerprint density at radius 2 is 2.22 bits per heavy atom. The number of piperidine rings is 1. The van der Waals surface area contributed by atoms with Crippen LogP contribution in [0.3, 0.4) is 0 Å². The number of ether oxygens (including phenoxy) is 1. The van der Waals surface area contributed by atoms with Gasteiger partial charge >= 0.3 is 0 Å². The Balaban J connectivity index is 1.69. The summed E-state index contributed by atoms with van der Waals surface area (Å²) in [5.74, 6) is 0.634. The van der Waals surface area contributed by atoms with Gasteiger partial charge in [0.25, 0.3) is 5.91 Å². The highest BCUT2D eigenvalue weighted by molar-refractivity contribution is 7.98. The molecule has 0 N–H and O–H groups in total. The molecule has 1 aromatic carbocycles. The third-order valence-electron chi connectivity index (χ3n) is 3.84. The van der Waals surface area contributed by atoms with Crippen molar-refractivity contribution in [1.29, 1.82) is 0 Å². The van der Waals surface area contributed by atoms with Crippen molar-refractivity contribution >= 4 is 17.7 Å². The Bertz CT molecular complexity index is 666. The number of nitrogens with zero attached hydrogens (tertiary/aromatic N) is 3. The summed E-state index contributed by atoms with van der Waals surface area (Å²) in [7, 11) is 0. The zero-order chi connectivity index (χ0) is 16.1. The summed E-state index contributed by atoms with van der Waals surface area (Å²) in [6.07, 6.45) is 6.95. The van der Waals surface area contributed by atoms with Gasteiger partial charge in [-0.1, -0.05) is 12.1 Å². The van der Waals surface area contributed by atoms with Crippen molar-refractivity contribution in [2.75, 3.05) is 19.3 Å². The van der Waals surface area contributed by atoms with Gasteiger partial charge in [-0.05, 0) is 31.2 Å². The first-order chi connectivity index (χ1) is 11.3. The normalized spacial score (nSPS) is 17.8. The lowest BCUT2D eigenvalue weighted by atomic mass is 10.1. The molecule has 0 spiro atoms. The Kier molecular flexibility index (Phi) is 5.12. The number of rotatable bonds is 4. The molecule has 1 amide bonds. The SMILES string of the molecule is CSc1ccccc1C(=O)N1CCC[C@H](Oc2ccncn2)C1. The standard InChI is InChI=1S/C17H19N3O2S/c1-23-15-7-3-2-6-14(15)17(21)20-10-4-5-13(11-20)22-16-8-9-18-12-19-16/h2-3,6-9,12-13H,4-5,10-11H2,1H3/t13-/m0/s1. The minimum Gasteiger partial charge on any atom is -0.472 e. The average Bonchev–Trinajstić information content (AvgIpc) is 2.62. The average molecular weight is 329 g/mol. The molecule has 5 nitrogen and oxygen atoms in total. The fraction of sp³-hybridized carbons (Fsp3) is 0.353. The molecule has 0 aliphatic carbocycles.